The fourth-order valence-electron chi connectivity index (χ4n) is 2.10. The van der Waals surface area contributed by atoms with E-state index in [1.165, 1.54) is 11.3 Å². The number of nitrogens with one attached hydrogen (secondary N) is 2. The molecule has 0 spiro atoms. The van der Waals surface area contributed by atoms with Gasteiger partial charge in [-0.3, -0.25) is 4.90 Å². The minimum atomic E-state index is 0.837. The maximum absolute atomic E-state index is 5.83. The van der Waals surface area contributed by atoms with Crippen LogP contribution in [0, 0.1) is 0 Å². The van der Waals surface area contributed by atoms with Crippen molar-refractivity contribution in [3.05, 3.63) is 23.8 Å². The predicted octanol–water partition coefficient (Wildman–Crippen LogP) is 0.716. The molecule has 0 bridgehead atoms. The zero-order valence-corrected chi connectivity index (χ0v) is 9.79. The van der Waals surface area contributed by atoms with E-state index in [4.69, 9.17) is 5.73 Å². The first-order chi connectivity index (χ1) is 7.79. The molecule has 1 aliphatic heterocycles. The van der Waals surface area contributed by atoms with E-state index >= 15 is 0 Å². The third-order valence-electron chi connectivity index (χ3n) is 3.00. The van der Waals surface area contributed by atoms with Crippen LogP contribution < -0.4 is 16.4 Å². The van der Waals surface area contributed by atoms with Crippen molar-refractivity contribution in [1.29, 1.82) is 0 Å². The lowest BCUT2D eigenvalue weighted by atomic mass is 10.1. The van der Waals surface area contributed by atoms with Crippen LogP contribution in [0.5, 0.6) is 0 Å². The highest BCUT2D eigenvalue weighted by atomic mass is 15.2. The molecule has 1 heterocycles. The molecule has 1 aliphatic rings. The number of nitrogen functional groups attached to an aromatic ring is 1. The van der Waals surface area contributed by atoms with Crippen LogP contribution in [-0.4, -0.2) is 38.1 Å². The van der Waals surface area contributed by atoms with Gasteiger partial charge in [-0.25, -0.2) is 0 Å². The Morgan fingerprint density at radius 1 is 1.38 bits per heavy atom. The van der Waals surface area contributed by atoms with Crippen molar-refractivity contribution in [2.75, 3.05) is 44.3 Å². The van der Waals surface area contributed by atoms with Crippen molar-refractivity contribution in [2.45, 2.75) is 6.54 Å². The van der Waals surface area contributed by atoms with E-state index in [1.807, 2.05) is 19.2 Å². The van der Waals surface area contributed by atoms with Crippen LogP contribution in [0.15, 0.2) is 18.2 Å². The standard InChI is InChI=1S/C12H20N4/c1-14-12-3-2-11(13)8-10(12)9-16-6-4-15-5-7-16/h2-3,8,14-15H,4-7,9,13H2,1H3. The molecule has 1 saturated heterocycles. The van der Waals surface area contributed by atoms with Crippen LogP contribution in [0.1, 0.15) is 5.56 Å². The fraction of sp³-hybridized carbons (Fsp3) is 0.500. The molecule has 88 valence electrons. The summed E-state index contributed by atoms with van der Waals surface area (Å²) in [6, 6.07) is 6.05. The van der Waals surface area contributed by atoms with Gasteiger partial charge in [-0.05, 0) is 23.8 Å². The molecule has 0 amide bonds. The third-order valence-corrected chi connectivity index (χ3v) is 3.00. The molecule has 0 aromatic heterocycles. The van der Waals surface area contributed by atoms with E-state index < -0.39 is 0 Å². The second-order valence-electron chi connectivity index (χ2n) is 4.19. The molecule has 4 heteroatoms. The van der Waals surface area contributed by atoms with Gasteiger partial charge in [0.1, 0.15) is 0 Å². The van der Waals surface area contributed by atoms with Gasteiger partial charge in [0.05, 0.1) is 0 Å². The molecule has 0 atom stereocenters. The van der Waals surface area contributed by atoms with Crippen LogP contribution in [0.4, 0.5) is 11.4 Å². The van der Waals surface area contributed by atoms with Gasteiger partial charge in [0.2, 0.25) is 0 Å². The van der Waals surface area contributed by atoms with Gasteiger partial charge >= 0.3 is 0 Å². The molecule has 16 heavy (non-hydrogen) atoms. The topological polar surface area (TPSA) is 53.3 Å². The Labute approximate surface area is 96.8 Å². The molecule has 0 radical (unpaired) electrons. The second kappa shape index (κ2) is 5.18. The Kier molecular flexibility index (Phi) is 3.64. The molecule has 1 aromatic carbocycles. The summed E-state index contributed by atoms with van der Waals surface area (Å²) in [5.74, 6) is 0. The minimum absolute atomic E-state index is 0.837. The monoisotopic (exact) mass is 220 g/mol. The van der Waals surface area contributed by atoms with Gasteiger partial charge in [0.25, 0.3) is 0 Å². The quantitative estimate of drug-likeness (QED) is 0.657. The molecule has 0 saturated carbocycles. The molecule has 2 rings (SSSR count). The average Bonchev–Trinajstić information content (AvgIpc) is 2.31. The lowest BCUT2D eigenvalue weighted by Gasteiger charge is -2.28. The van der Waals surface area contributed by atoms with Gasteiger partial charge in [-0.1, -0.05) is 0 Å². The molecule has 0 unspecified atom stereocenters. The van der Waals surface area contributed by atoms with Gasteiger partial charge in [-0.15, -0.1) is 0 Å². The highest BCUT2D eigenvalue weighted by Crippen LogP contribution is 2.20. The summed E-state index contributed by atoms with van der Waals surface area (Å²) in [4.78, 5) is 2.45. The van der Waals surface area contributed by atoms with Gasteiger partial charge < -0.3 is 16.4 Å². The van der Waals surface area contributed by atoms with Gasteiger partial charge in [-0.2, -0.15) is 0 Å². The lowest BCUT2D eigenvalue weighted by molar-refractivity contribution is 0.233. The molecule has 4 N–H and O–H groups in total. The number of hydrogen-bond donors (Lipinski definition) is 3. The Balaban J connectivity index is 2.09. The molecule has 4 nitrogen and oxygen atoms in total. The SMILES string of the molecule is CNc1ccc(N)cc1CN1CCNCC1. The summed E-state index contributed by atoms with van der Waals surface area (Å²) >= 11 is 0. The number of nitrogens with zero attached hydrogens (tertiary/aromatic N) is 1. The number of benzene rings is 1. The smallest absolute Gasteiger partial charge is 0.0384 e. The molecule has 0 aliphatic carbocycles. The van der Waals surface area contributed by atoms with E-state index in [9.17, 15) is 0 Å². The largest absolute Gasteiger partial charge is 0.399 e. The van der Waals surface area contributed by atoms with E-state index in [0.29, 0.717) is 0 Å². The zero-order chi connectivity index (χ0) is 11.4. The van der Waals surface area contributed by atoms with Crippen molar-refractivity contribution < 1.29 is 0 Å². The highest BCUT2D eigenvalue weighted by Gasteiger charge is 2.11. The maximum atomic E-state index is 5.83. The van der Waals surface area contributed by atoms with Crippen molar-refractivity contribution in [3.8, 4) is 0 Å². The van der Waals surface area contributed by atoms with Gasteiger partial charge in [0, 0.05) is 51.1 Å². The maximum Gasteiger partial charge on any atom is 0.0384 e. The van der Waals surface area contributed by atoms with Gasteiger partial charge in [0.15, 0.2) is 0 Å². The van der Waals surface area contributed by atoms with Crippen LogP contribution in [0.3, 0.4) is 0 Å². The van der Waals surface area contributed by atoms with Crippen LogP contribution >= 0.6 is 0 Å². The van der Waals surface area contributed by atoms with E-state index in [2.05, 4.69) is 21.6 Å². The first-order valence-corrected chi connectivity index (χ1v) is 5.79. The zero-order valence-electron chi connectivity index (χ0n) is 9.79. The van der Waals surface area contributed by atoms with Crippen molar-refractivity contribution >= 4 is 11.4 Å². The summed E-state index contributed by atoms with van der Waals surface area (Å²) in [6.45, 7) is 5.35. The normalized spacial score (nSPS) is 17.3. The Bertz CT molecular complexity index is 345. The number of hydrogen-bond acceptors (Lipinski definition) is 4. The lowest BCUT2D eigenvalue weighted by Crippen LogP contribution is -2.42. The Morgan fingerprint density at radius 3 is 2.81 bits per heavy atom. The van der Waals surface area contributed by atoms with Crippen LogP contribution in [0.2, 0.25) is 0 Å². The first kappa shape index (κ1) is 11.2. The van der Waals surface area contributed by atoms with E-state index in [0.717, 1.165) is 38.4 Å². The Morgan fingerprint density at radius 2 is 2.12 bits per heavy atom. The van der Waals surface area contributed by atoms with Crippen LogP contribution in [0.25, 0.3) is 0 Å². The van der Waals surface area contributed by atoms with Crippen molar-refractivity contribution in [2.24, 2.45) is 0 Å². The van der Waals surface area contributed by atoms with Crippen molar-refractivity contribution in [3.63, 3.8) is 0 Å². The summed E-state index contributed by atoms with van der Waals surface area (Å²) in [6.07, 6.45) is 0. The second-order valence-corrected chi connectivity index (χ2v) is 4.19. The first-order valence-electron chi connectivity index (χ1n) is 5.79. The third kappa shape index (κ3) is 2.65. The molecule has 1 fully saturated rings. The number of piperazine rings is 1. The highest BCUT2D eigenvalue weighted by molar-refractivity contribution is 5.57. The fourth-order valence-corrected chi connectivity index (χ4v) is 2.10. The van der Waals surface area contributed by atoms with Crippen molar-refractivity contribution in [1.82, 2.24) is 10.2 Å². The average molecular weight is 220 g/mol. The Hall–Kier alpha value is -1.26. The summed E-state index contributed by atoms with van der Waals surface area (Å²) in [7, 11) is 1.95. The molecule has 1 aromatic rings. The summed E-state index contributed by atoms with van der Waals surface area (Å²) in [5.41, 5.74) is 9.12. The number of nitrogens with two attached hydrogens (primary N) is 1. The van der Waals surface area contributed by atoms with E-state index in [1.54, 1.807) is 0 Å². The minimum Gasteiger partial charge on any atom is -0.399 e. The molecular formula is C12H20N4. The van der Waals surface area contributed by atoms with Crippen LogP contribution in [-0.2, 0) is 6.54 Å². The molecular weight excluding hydrogens is 200 g/mol. The van der Waals surface area contributed by atoms with E-state index in [-0.39, 0.29) is 0 Å². The number of anilines is 2. The summed E-state index contributed by atoms with van der Waals surface area (Å²) < 4.78 is 0. The predicted molar refractivity (Wildman–Crippen MR) is 68.5 cm³/mol. The summed E-state index contributed by atoms with van der Waals surface area (Å²) in [5, 5.41) is 6.57. The number of rotatable bonds is 3.